The third kappa shape index (κ3) is 4.03. The van der Waals surface area contributed by atoms with E-state index in [-0.39, 0.29) is 11.7 Å². The molecule has 1 saturated heterocycles. The normalized spacial score (nSPS) is 13.9. The minimum atomic E-state index is 0.00239. The summed E-state index contributed by atoms with van der Waals surface area (Å²) in [6.07, 6.45) is 4.27. The van der Waals surface area contributed by atoms with Gasteiger partial charge in [0.25, 0.3) is 0 Å². The van der Waals surface area contributed by atoms with Crippen LogP contribution >= 0.6 is 0 Å². The molecule has 0 aliphatic carbocycles. The molecule has 0 bridgehead atoms. The Morgan fingerprint density at radius 1 is 1.23 bits per heavy atom. The number of rotatable bonds is 8. The van der Waals surface area contributed by atoms with E-state index in [1.54, 1.807) is 19.3 Å². The number of Topliss-reactive ketones (excluding diaryl/α,β-unsaturated/α-hetero) is 1. The molecule has 1 fully saturated rings. The molecule has 1 amide bonds. The molecule has 4 rings (SSSR count). The van der Waals surface area contributed by atoms with Crippen LogP contribution in [-0.2, 0) is 11.3 Å². The Morgan fingerprint density at radius 2 is 2.10 bits per heavy atom. The highest BCUT2D eigenvalue weighted by molar-refractivity contribution is 5.95. The highest BCUT2D eigenvalue weighted by Crippen LogP contribution is 2.25. The van der Waals surface area contributed by atoms with E-state index in [0.717, 1.165) is 37.1 Å². The third-order valence-corrected chi connectivity index (χ3v) is 5.32. The van der Waals surface area contributed by atoms with E-state index in [4.69, 9.17) is 9.97 Å². The molecule has 3 aromatic rings. The molecule has 8 heteroatoms. The molecule has 1 aromatic carbocycles. The average Bonchev–Trinajstić information content (AvgIpc) is 3.36. The number of hydrogen-bond donors (Lipinski definition) is 1. The van der Waals surface area contributed by atoms with Crippen LogP contribution in [0.25, 0.3) is 22.6 Å². The molecule has 0 spiro atoms. The lowest BCUT2D eigenvalue weighted by molar-refractivity contribution is -0.127. The minimum Gasteiger partial charge on any atom is -0.368 e. The smallest absolute Gasteiger partial charge is 0.222 e. The first kappa shape index (κ1) is 20.0. The Hall–Kier alpha value is -3.29. The third-order valence-electron chi connectivity index (χ3n) is 5.32. The van der Waals surface area contributed by atoms with Crippen molar-refractivity contribution in [2.24, 2.45) is 0 Å². The lowest BCUT2D eigenvalue weighted by Gasteiger charge is -2.16. The van der Waals surface area contributed by atoms with Crippen LogP contribution in [0.3, 0.4) is 0 Å². The van der Waals surface area contributed by atoms with Crippen LogP contribution in [0.15, 0.2) is 30.6 Å². The molecule has 0 atom stereocenters. The van der Waals surface area contributed by atoms with Gasteiger partial charge < -0.3 is 14.8 Å². The van der Waals surface area contributed by atoms with Crippen LogP contribution in [0.2, 0.25) is 0 Å². The molecular weight excluding hydrogens is 380 g/mol. The molecule has 1 aliphatic heterocycles. The summed E-state index contributed by atoms with van der Waals surface area (Å²) < 4.78 is 1.97. The van der Waals surface area contributed by atoms with Gasteiger partial charge in [-0.05, 0) is 25.8 Å². The Bertz CT molecular complexity index is 1090. The maximum absolute atomic E-state index is 11.9. The number of ketones is 1. The largest absolute Gasteiger partial charge is 0.368 e. The number of nitrogens with zero attached hydrogens (tertiary/aromatic N) is 5. The van der Waals surface area contributed by atoms with Crippen molar-refractivity contribution >= 4 is 28.7 Å². The van der Waals surface area contributed by atoms with Crippen LogP contribution in [0.5, 0.6) is 0 Å². The van der Waals surface area contributed by atoms with Crippen molar-refractivity contribution in [3.8, 4) is 11.4 Å². The number of carbonyl (C=O) groups excluding carboxylic acids is 2. The first-order valence-corrected chi connectivity index (χ1v) is 10.4. The summed E-state index contributed by atoms with van der Waals surface area (Å²) in [7, 11) is 0. The summed E-state index contributed by atoms with van der Waals surface area (Å²) in [5.74, 6) is 1.44. The zero-order chi connectivity index (χ0) is 21.1. The van der Waals surface area contributed by atoms with E-state index in [2.05, 4.69) is 17.2 Å². The van der Waals surface area contributed by atoms with Gasteiger partial charge >= 0.3 is 0 Å². The van der Waals surface area contributed by atoms with E-state index >= 15 is 0 Å². The van der Waals surface area contributed by atoms with E-state index in [9.17, 15) is 9.59 Å². The van der Waals surface area contributed by atoms with Gasteiger partial charge in [-0.3, -0.25) is 9.59 Å². The molecule has 1 N–H and O–H groups in total. The van der Waals surface area contributed by atoms with Gasteiger partial charge in [-0.2, -0.15) is 0 Å². The Morgan fingerprint density at radius 3 is 2.83 bits per heavy atom. The fourth-order valence-electron chi connectivity index (χ4n) is 3.65. The molecule has 2 aromatic heterocycles. The van der Waals surface area contributed by atoms with Gasteiger partial charge in [-0.25, -0.2) is 15.0 Å². The van der Waals surface area contributed by atoms with Crippen LogP contribution in [-0.4, -0.2) is 55.7 Å². The number of aromatic nitrogens is 4. The maximum Gasteiger partial charge on any atom is 0.222 e. The molecule has 0 saturated carbocycles. The number of nitrogens with one attached hydrogen (secondary N) is 1. The lowest BCUT2D eigenvalue weighted by atomic mass is 10.1. The fraction of sp³-hybridized carbons (Fsp3) is 0.409. The first-order valence-electron chi connectivity index (χ1n) is 10.4. The first-order chi connectivity index (χ1) is 14.6. The van der Waals surface area contributed by atoms with Crippen molar-refractivity contribution in [1.82, 2.24) is 24.4 Å². The van der Waals surface area contributed by atoms with E-state index in [1.807, 2.05) is 27.7 Å². The number of imidazole rings is 1. The summed E-state index contributed by atoms with van der Waals surface area (Å²) in [5.41, 5.74) is 2.84. The van der Waals surface area contributed by atoms with Gasteiger partial charge in [0.2, 0.25) is 5.91 Å². The Kier molecular flexibility index (Phi) is 5.74. The number of carbonyl (C=O) groups is 2. The highest BCUT2D eigenvalue weighted by Gasteiger charge is 2.21. The topological polar surface area (TPSA) is 93.0 Å². The van der Waals surface area contributed by atoms with Crippen LogP contribution < -0.4 is 5.32 Å². The predicted molar refractivity (Wildman–Crippen MR) is 115 cm³/mol. The van der Waals surface area contributed by atoms with Gasteiger partial charge in [0, 0.05) is 43.7 Å². The highest BCUT2D eigenvalue weighted by atomic mass is 16.2. The molecule has 1 aliphatic rings. The van der Waals surface area contributed by atoms with E-state index in [0.29, 0.717) is 42.2 Å². The molecular formula is C22H26N6O2. The van der Waals surface area contributed by atoms with Crippen molar-refractivity contribution in [1.29, 1.82) is 0 Å². The quantitative estimate of drug-likeness (QED) is 0.578. The maximum atomic E-state index is 11.9. The molecule has 0 unspecified atom stereocenters. The van der Waals surface area contributed by atoms with Gasteiger partial charge in [0.15, 0.2) is 23.1 Å². The van der Waals surface area contributed by atoms with Crippen molar-refractivity contribution in [2.45, 2.75) is 39.7 Å². The number of benzene rings is 1. The number of likely N-dealkylation sites (tertiary alicyclic amines) is 1. The molecule has 3 heterocycles. The fourth-order valence-corrected chi connectivity index (χ4v) is 3.65. The average molecular weight is 406 g/mol. The van der Waals surface area contributed by atoms with Crippen LogP contribution in [0, 0.1) is 0 Å². The summed E-state index contributed by atoms with van der Waals surface area (Å²) in [4.78, 5) is 39.6. The van der Waals surface area contributed by atoms with Crippen LogP contribution in [0.4, 0.5) is 5.82 Å². The van der Waals surface area contributed by atoms with Gasteiger partial charge in [0.05, 0.1) is 6.33 Å². The van der Waals surface area contributed by atoms with Gasteiger partial charge in [0.1, 0.15) is 5.52 Å². The molecule has 30 heavy (non-hydrogen) atoms. The summed E-state index contributed by atoms with van der Waals surface area (Å²) in [5, 5.41) is 3.34. The summed E-state index contributed by atoms with van der Waals surface area (Å²) in [6.45, 7) is 6.49. The summed E-state index contributed by atoms with van der Waals surface area (Å²) >= 11 is 0. The van der Waals surface area contributed by atoms with Crippen LogP contribution in [0.1, 0.15) is 43.5 Å². The Balaban J connectivity index is 1.72. The molecule has 8 nitrogen and oxygen atoms in total. The van der Waals surface area contributed by atoms with Crippen molar-refractivity contribution < 1.29 is 9.59 Å². The Labute approximate surface area is 175 Å². The standard InChI is InChI=1S/C22H26N6O2/c1-3-9-23-21-19-22(28(14-24-19)12-11-27-10-5-8-18(27)30)26-20(25-21)17-7-4-6-16(13-17)15(2)29/h4,6-7,13-14H,3,5,8-12H2,1-2H3,(H,23,25,26). The van der Waals surface area contributed by atoms with Crippen molar-refractivity contribution in [2.75, 3.05) is 25.0 Å². The number of amides is 1. The second-order valence-corrected chi connectivity index (χ2v) is 7.55. The molecule has 0 radical (unpaired) electrons. The second kappa shape index (κ2) is 8.61. The van der Waals surface area contributed by atoms with E-state index < -0.39 is 0 Å². The van der Waals surface area contributed by atoms with Gasteiger partial charge in [-0.1, -0.05) is 25.1 Å². The minimum absolute atomic E-state index is 0.00239. The summed E-state index contributed by atoms with van der Waals surface area (Å²) in [6, 6.07) is 7.35. The zero-order valence-corrected chi connectivity index (χ0v) is 17.4. The monoisotopic (exact) mass is 406 g/mol. The predicted octanol–water partition coefficient (Wildman–Crippen LogP) is 3.14. The second-order valence-electron chi connectivity index (χ2n) is 7.55. The SMILES string of the molecule is CCCNc1nc(-c2cccc(C(C)=O)c2)nc2c1ncn2CCN1CCCC1=O. The molecule has 156 valence electrons. The zero-order valence-electron chi connectivity index (χ0n) is 17.4. The van der Waals surface area contributed by atoms with Crippen molar-refractivity contribution in [3.05, 3.63) is 36.2 Å². The number of anilines is 1. The lowest BCUT2D eigenvalue weighted by Crippen LogP contribution is -2.28. The van der Waals surface area contributed by atoms with Gasteiger partial charge in [-0.15, -0.1) is 0 Å². The number of fused-ring (bicyclic) bond motifs is 1. The van der Waals surface area contributed by atoms with E-state index in [1.165, 1.54) is 0 Å². The number of hydrogen-bond acceptors (Lipinski definition) is 6. The van der Waals surface area contributed by atoms with Crippen molar-refractivity contribution in [3.63, 3.8) is 0 Å².